The number of rotatable bonds is 3. The van der Waals surface area contributed by atoms with Crippen LogP contribution in [0.25, 0.3) is 11.3 Å². The number of thioether (sulfide) groups is 1. The largest absolute Gasteiger partial charge is 0.447 e. The SMILES string of the molecule is CCSc1nnc2c(n1)O[C@H](c1ccc(F)cc1)N(C(C)=O)c1ccc(F)cc1-2. The number of carbonyl (C=O) groups is 1. The molecule has 0 fully saturated rings. The predicted octanol–water partition coefficient (Wildman–Crippen LogP) is 4.37. The number of anilines is 1. The molecule has 148 valence electrons. The number of aromatic nitrogens is 3. The third kappa shape index (κ3) is 3.65. The number of nitrogens with zero attached hydrogens (tertiary/aromatic N) is 4. The van der Waals surface area contributed by atoms with E-state index in [9.17, 15) is 13.6 Å². The lowest BCUT2D eigenvalue weighted by Crippen LogP contribution is -2.36. The maximum absolute atomic E-state index is 14.1. The molecule has 2 aromatic carbocycles. The monoisotopic (exact) mass is 414 g/mol. The van der Waals surface area contributed by atoms with Gasteiger partial charge in [0.2, 0.25) is 23.2 Å². The van der Waals surface area contributed by atoms with Gasteiger partial charge < -0.3 is 4.74 Å². The van der Waals surface area contributed by atoms with E-state index in [0.717, 1.165) is 5.75 Å². The van der Waals surface area contributed by atoms with Crippen LogP contribution in [0, 0.1) is 11.6 Å². The smallest absolute Gasteiger partial charge is 0.247 e. The van der Waals surface area contributed by atoms with E-state index < -0.39 is 17.9 Å². The molecular formula is C20H16F2N4O2S. The van der Waals surface area contributed by atoms with Crippen molar-refractivity contribution in [3.05, 3.63) is 59.7 Å². The molecule has 29 heavy (non-hydrogen) atoms. The van der Waals surface area contributed by atoms with Crippen molar-refractivity contribution in [1.29, 1.82) is 0 Å². The Morgan fingerprint density at radius 3 is 2.55 bits per heavy atom. The molecule has 6 nitrogen and oxygen atoms in total. The standard InChI is InChI=1S/C20H16F2N4O2S/c1-3-29-20-23-18-17(24-25-20)15-10-14(22)8-9-16(15)26(11(2)27)19(28-18)12-4-6-13(21)7-5-12/h4-10,19H,3H2,1-2H3/t19-/m1/s1. The first-order chi connectivity index (χ1) is 14.0. The molecule has 1 amide bonds. The van der Waals surface area contributed by atoms with Gasteiger partial charge >= 0.3 is 0 Å². The Labute approximate surface area is 169 Å². The quantitative estimate of drug-likeness (QED) is 0.593. The lowest BCUT2D eigenvalue weighted by atomic mass is 10.1. The molecule has 3 aromatic rings. The van der Waals surface area contributed by atoms with Crippen molar-refractivity contribution < 1.29 is 18.3 Å². The van der Waals surface area contributed by atoms with E-state index in [0.29, 0.717) is 22.0 Å². The highest BCUT2D eigenvalue weighted by Gasteiger charge is 2.34. The molecule has 0 spiro atoms. The van der Waals surface area contributed by atoms with Gasteiger partial charge in [-0.15, -0.1) is 10.2 Å². The average molecular weight is 414 g/mol. The fraction of sp³-hybridized carbons (Fsp3) is 0.200. The summed E-state index contributed by atoms with van der Waals surface area (Å²) in [7, 11) is 0. The second-order valence-electron chi connectivity index (χ2n) is 6.25. The molecule has 1 aromatic heterocycles. The number of ether oxygens (including phenoxy) is 1. The molecular weight excluding hydrogens is 398 g/mol. The normalized spacial score (nSPS) is 15.2. The average Bonchev–Trinajstić information content (AvgIpc) is 2.83. The van der Waals surface area contributed by atoms with Crippen molar-refractivity contribution >= 4 is 23.4 Å². The van der Waals surface area contributed by atoms with Crippen LogP contribution in [0.15, 0.2) is 47.6 Å². The van der Waals surface area contributed by atoms with E-state index in [-0.39, 0.29) is 17.5 Å². The van der Waals surface area contributed by atoms with Crippen molar-refractivity contribution in [3.63, 3.8) is 0 Å². The molecule has 1 atom stereocenters. The second kappa shape index (κ2) is 7.75. The Balaban J connectivity index is 1.96. The number of benzene rings is 2. The van der Waals surface area contributed by atoms with E-state index in [1.54, 1.807) is 0 Å². The maximum Gasteiger partial charge on any atom is 0.247 e. The first kappa shape index (κ1) is 19.3. The zero-order valence-electron chi connectivity index (χ0n) is 15.6. The van der Waals surface area contributed by atoms with Crippen LogP contribution in [0.3, 0.4) is 0 Å². The zero-order valence-corrected chi connectivity index (χ0v) is 16.4. The van der Waals surface area contributed by atoms with Gasteiger partial charge in [-0.05, 0) is 36.1 Å². The molecule has 1 aliphatic rings. The highest BCUT2D eigenvalue weighted by molar-refractivity contribution is 7.99. The molecule has 0 N–H and O–H groups in total. The summed E-state index contributed by atoms with van der Waals surface area (Å²) in [4.78, 5) is 18.4. The molecule has 0 radical (unpaired) electrons. The van der Waals surface area contributed by atoms with Gasteiger partial charge in [0, 0.05) is 18.1 Å². The van der Waals surface area contributed by atoms with Crippen LogP contribution in [0.2, 0.25) is 0 Å². The van der Waals surface area contributed by atoms with Gasteiger partial charge in [0.25, 0.3) is 0 Å². The molecule has 0 unspecified atom stereocenters. The third-order valence-corrected chi connectivity index (χ3v) is 5.05. The lowest BCUT2D eigenvalue weighted by Gasteiger charge is -2.29. The van der Waals surface area contributed by atoms with E-state index in [2.05, 4.69) is 15.2 Å². The highest BCUT2D eigenvalue weighted by Crippen LogP contribution is 2.43. The lowest BCUT2D eigenvalue weighted by molar-refractivity contribution is -0.118. The van der Waals surface area contributed by atoms with E-state index in [1.165, 1.54) is 66.1 Å². The summed E-state index contributed by atoms with van der Waals surface area (Å²) in [5, 5.41) is 8.67. The number of fused-ring (bicyclic) bond motifs is 3. The number of halogens is 2. The van der Waals surface area contributed by atoms with Crippen LogP contribution in [0.4, 0.5) is 14.5 Å². The first-order valence-electron chi connectivity index (χ1n) is 8.87. The maximum atomic E-state index is 14.1. The predicted molar refractivity (Wildman–Crippen MR) is 105 cm³/mol. The Hall–Kier alpha value is -3.07. The Bertz CT molecular complexity index is 1080. The van der Waals surface area contributed by atoms with Crippen molar-refractivity contribution in [2.45, 2.75) is 25.2 Å². The van der Waals surface area contributed by atoms with Gasteiger partial charge in [-0.3, -0.25) is 9.69 Å². The van der Waals surface area contributed by atoms with Gasteiger partial charge in [-0.1, -0.05) is 30.8 Å². The molecule has 0 aliphatic carbocycles. The van der Waals surface area contributed by atoms with Crippen LogP contribution in [-0.2, 0) is 4.79 Å². The fourth-order valence-corrected chi connectivity index (χ4v) is 3.62. The summed E-state index contributed by atoms with van der Waals surface area (Å²) in [6.45, 7) is 3.32. The minimum atomic E-state index is -0.935. The highest BCUT2D eigenvalue weighted by atomic mass is 32.2. The number of carbonyl (C=O) groups excluding carboxylic acids is 1. The molecule has 9 heteroatoms. The van der Waals surface area contributed by atoms with Crippen LogP contribution >= 0.6 is 11.8 Å². The summed E-state index contributed by atoms with van der Waals surface area (Å²) in [6.07, 6.45) is -0.935. The second-order valence-corrected chi connectivity index (χ2v) is 7.48. The fourth-order valence-electron chi connectivity index (χ4n) is 3.11. The van der Waals surface area contributed by atoms with Crippen LogP contribution in [0.5, 0.6) is 5.88 Å². The molecule has 1 aliphatic heterocycles. The summed E-state index contributed by atoms with van der Waals surface area (Å²) < 4.78 is 33.6. The zero-order chi connectivity index (χ0) is 20.5. The first-order valence-corrected chi connectivity index (χ1v) is 9.86. The third-order valence-electron chi connectivity index (χ3n) is 4.33. The Morgan fingerprint density at radius 1 is 1.14 bits per heavy atom. The van der Waals surface area contributed by atoms with Crippen molar-refractivity contribution in [2.75, 3.05) is 10.7 Å². The van der Waals surface area contributed by atoms with Crippen molar-refractivity contribution in [1.82, 2.24) is 15.2 Å². The van der Waals surface area contributed by atoms with Crippen molar-refractivity contribution in [2.24, 2.45) is 0 Å². The Morgan fingerprint density at radius 2 is 1.86 bits per heavy atom. The van der Waals surface area contributed by atoms with Gasteiger partial charge in [0.05, 0.1) is 5.69 Å². The van der Waals surface area contributed by atoms with E-state index in [4.69, 9.17) is 4.74 Å². The van der Waals surface area contributed by atoms with E-state index >= 15 is 0 Å². The molecule has 4 rings (SSSR count). The van der Waals surface area contributed by atoms with Gasteiger partial charge in [0.15, 0.2) is 5.69 Å². The molecule has 2 heterocycles. The van der Waals surface area contributed by atoms with Gasteiger partial charge in [0.1, 0.15) is 11.6 Å². The van der Waals surface area contributed by atoms with Crippen LogP contribution in [0.1, 0.15) is 25.6 Å². The molecule has 0 bridgehead atoms. The summed E-state index contributed by atoms with van der Waals surface area (Å²) in [5.41, 5.74) is 1.51. The minimum absolute atomic E-state index is 0.126. The summed E-state index contributed by atoms with van der Waals surface area (Å²) >= 11 is 1.38. The van der Waals surface area contributed by atoms with Crippen LogP contribution in [-0.4, -0.2) is 26.8 Å². The molecule has 0 saturated heterocycles. The molecule has 0 saturated carbocycles. The van der Waals surface area contributed by atoms with Gasteiger partial charge in [-0.2, -0.15) is 4.98 Å². The van der Waals surface area contributed by atoms with Crippen molar-refractivity contribution in [3.8, 4) is 17.1 Å². The van der Waals surface area contributed by atoms with Crippen LogP contribution < -0.4 is 9.64 Å². The Kier molecular flexibility index (Phi) is 5.14. The summed E-state index contributed by atoms with van der Waals surface area (Å²) in [6, 6.07) is 9.63. The topological polar surface area (TPSA) is 68.2 Å². The summed E-state index contributed by atoms with van der Waals surface area (Å²) in [5.74, 6) is -0.387. The number of hydrogen-bond donors (Lipinski definition) is 0. The van der Waals surface area contributed by atoms with E-state index in [1.807, 2.05) is 6.92 Å². The van der Waals surface area contributed by atoms with Gasteiger partial charge in [-0.25, -0.2) is 8.78 Å². The number of amides is 1. The number of hydrogen-bond acceptors (Lipinski definition) is 6. The minimum Gasteiger partial charge on any atom is -0.447 e.